The molecule has 1 fully saturated rings. The van der Waals surface area contributed by atoms with Gasteiger partial charge in [0.2, 0.25) is 0 Å². The Hall–Kier alpha value is 0.140. The largest absolute Gasteiger partial charge is 0.307 e. The second kappa shape index (κ2) is 3.86. The van der Waals surface area contributed by atoms with Gasteiger partial charge in [-0.1, -0.05) is 52.6 Å². The van der Waals surface area contributed by atoms with Crippen molar-refractivity contribution in [2.45, 2.75) is 32.2 Å². The Kier molecular flexibility index (Phi) is 2.99. The molecule has 0 saturated carbocycles. The minimum atomic E-state index is 0.195. The van der Waals surface area contributed by atoms with E-state index in [1.54, 1.807) is 0 Å². The molecular weight excluding hydrogens is 318 g/mol. The van der Waals surface area contributed by atoms with Crippen LogP contribution in [0.4, 0.5) is 0 Å². The molecule has 1 saturated heterocycles. The Bertz CT molecular complexity index is 366. The second-order valence-corrected chi connectivity index (χ2v) is 6.77. The molecule has 1 nitrogen and oxygen atoms in total. The molecule has 1 heterocycles. The predicted molar refractivity (Wildman–Crippen MR) is 71.3 cm³/mol. The Morgan fingerprint density at radius 3 is 2.00 bits per heavy atom. The topological polar surface area (TPSA) is 21.9 Å². The highest BCUT2D eigenvalue weighted by Gasteiger charge is 2.28. The average molecular weight is 333 g/mol. The monoisotopic (exact) mass is 331 g/mol. The highest BCUT2D eigenvalue weighted by molar-refractivity contribution is 9.11. The van der Waals surface area contributed by atoms with Gasteiger partial charge in [-0.2, -0.15) is 0 Å². The number of hydrogen-bond acceptors (Lipinski definition) is 1. The first kappa shape index (κ1) is 11.6. The van der Waals surface area contributed by atoms with E-state index in [1.165, 1.54) is 20.1 Å². The lowest BCUT2D eigenvalue weighted by Gasteiger charge is -2.21. The molecule has 3 heteroatoms. The van der Waals surface area contributed by atoms with E-state index in [1.807, 2.05) is 0 Å². The normalized spacial score (nSPS) is 20.5. The van der Waals surface area contributed by atoms with Crippen LogP contribution in [0.2, 0.25) is 0 Å². The van der Waals surface area contributed by atoms with E-state index in [0.29, 0.717) is 6.04 Å². The number of halogens is 2. The molecular formula is C12H15Br2N. The second-order valence-electron chi connectivity index (χ2n) is 5.06. The van der Waals surface area contributed by atoms with Crippen LogP contribution in [-0.2, 0) is 5.41 Å². The van der Waals surface area contributed by atoms with Crippen molar-refractivity contribution in [3.8, 4) is 0 Å². The Morgan fingerprint density at radius 2 is 1.67 bits per heavy atom. The van der Waals surface area contributed by atoms with Crippen molar-refractivity contribution in [1.29, 1.82) is 0 Å². The minimum Gasteiger partial charge on any atom is -0.307 e. The molecule has 0 aliphatic carbocycles. The van der Waals surface area contributed by atoms with Gasteiger partial charge < -0.3 is 5.32 Å². The molecule has 1 N–H and O–H groups in total. The zero-order chi connectivity index (χ0) is 11.2. The number of rotatable bonds is 1. The summed E-state index contributed by atoms with van der Waals surface area (Å²) in [4.78, 5) is 0. The van der Waals surface area contributed by atoms with Crippen LogP contribution in [0.1, 0.15) is 37.9 Å². The summed E-state index contributed by atoms with van der Waals surface area (Å²) >= 11 is 7.32. The van der Waals surface area contributed by atoms with Gasteiger partial charge in [0.05, 0.1) is 0 Å². The van der Waals surface area contributed by atoms with Crippen LogP contribution >= 0.6 is 31.9 Å². The predicted octanol–water partition coefficient (Wildman–Crippen LogP) is 4.15. The van der Waals surface area contributed by atoms with Crippen LogP contribution < -0.4 is 5.32 Å². The van der Waals surface area contributed by atoms with Gasteiger partial charge in [-0.3, -0.25) is 0 Å². The van der Waals surface area contributed by atoms with Crippen molar-refractivity contribution in [2.24, 2.45) is 0 Å². The Balaban J connectivity index is 2.47. The fourth-order valence-corrected chi connectivity index (χ4v) is 3.35. The van der Waals surface area contributed by atoms with Crippen LogP contribution in [0, 0.1) is 0 Å². The van der Waals surface area contributed by atoms with Gasteiger partial charge in [-0.25, -0.2) is 0 Å². The third-order valence-corrected chi connectivity index (χ3v) is 4.01. The zero-order valence-electron chi connectivity index (χ0n) is 9.20. The lowest BCUT2D eigenvalue weighted by Crippen LogP contribution is -2.11. The van der Waals surface area contributed by atoms with E-state index in [4.69, 9.17) is 0 Å². The summed E-state index contributed by atoms with van der Waals surface area (Å²) in [5.74, 6) is 0. The highest BCUT2D eigenvalue weighted by Crippen LogP contribution is 2.38. The quantitative estimate of drug-likeness (QED) is 0.766. The number of benzene rings is 1. The standard InChI is InChI=1S/C12H15Br2N/c1-12(2,3)7-4-8(13)11(9(14)5-7)10-6-15-10/h4-5,10,15H,6H2,1-3H3. The highest BCUT2D eigenvalue weighted by atomic mass is 79.9. The van der Waals surface area contributed by atoms with Gasteiger partial charge in [0.1, 0.15) is 0 Å². The molecule has 0 amide bonds. The molecule has 15 heavy (non-hydrogen) atoms. The Morgan fingerprint density at radius 1 is 1.20 bits per heavy atom. The molecule has 82 valence electrons. The summed E-state index contributed by atoms with van der Waals surface area (Å²) in [6.45, 7) is 7.79. The van der Waals surface area contributed by atoms with E-state index in [-0.39, 0.29) is 5.41 Å². The molecule has 0 aromatic heterocycles. The van der Waals surface area contributed by atoms with Crippen molar-refractivity contribution < 1.29 is 0 Å². The summed E-state index contributed by atoms with van der Waals surface area (Å²) in [5.41, 5.74) is 2.90. The van der Waals surface area contributed by atoms with Crippen LogP contribution in [0.5, 0.6) is 0 Å². The zero-order valence-corrected chi connectivity index (χ0v) is 12.4. The first-order chi connectivity index (χ1) is 6.89. The fourth-order valence-electron chi connectivity index (χ4n) is 1.61. The average Bonchev–Trinajstić information content (AvgIpc) is 2.84. The summed E-state index contributed by atoms with van der Waals surface area (Å²) in [6.07, 6.45) is 0. The first-order valence-electron chi connectivity index (χ1n) is 5.12. The van der Waals surface area contributed by atoms with Crippen molar-refractivity contribution in [3.05, 3.63) is 32.2 Å². The number of hydrogen-bond donors (Lipinski definition) is 1. The molecule has 0 bridgehead atoms. The summed E-state index contributed by atoms with van der Waals surface area (Å²) in [5, 5.41) is 3.33. The lowest BCUT2D eigenvalue weighted by molar-refractivity contribution is 0.589. The fraction of sp³-hybridized carbons (Fsp3) is 0.500. The molecule has 0 spiro atoms. The van der Waals surface area contributed by atoms with Gasteiger partial charge in [-0.05, 0) is 28.7 Å². The molecule has 1 aromatic rings. The molecule has 1 atom stereocenters. The van der Waals surface area contributed by atoms with E-state index >= 15 is 0 Å². The van der Waals surface area contributed by atoms with Crippen LogP contribution in [0.25, 0.3) is 0 Å². The van der Waals surface area contributed by atoms with Gasteiger partial charge in [0.15, 0.2) is 0 Å². The van der Waals surface area contributed by atoms with E-state index in [0.717, 1.165) is 6.54 Å². The maximum absolute atomic E-state index is 3.66. The first-order valence-corrected chi connectivity index (χ1v) is 6.71. The third kappa shape index (κ3) is 2.45. The molecule has 1 aliphatic rings. The minimum absolute atomic E-state index is 0.195. The maximum Gasteiger partial charge on any atom is 0.0470 e. The smallest absolute Gasteiger partial charge is 0.0470 e. The molecule has 2 rings (SSSR count). The Labute approximate surface area is 108 Å². The molecule has 1 aromatic carbocycles. The van der Waals surface area contributed by atoms with Gasteiger partial charge in [0.25, 0.3) is 0 Å². The van der Waals surface area contributed by atoms with Crippen LogP contribution in [0.15, 0.2) is 21.1 Å². The van der Waals surface area contributed by atoms with Crippen molar-refractivity contribution in [3.63, 3.8) is 0 Å². The van der Waals surface area contributed by atoms with E-state index in [2.05, 4.69) is 70.1 Å². The summed E-state index contributed by atoms with van der Waals surface area (Å²) in [6, 6.07) is 5.00. The van der Waals surface area contributed by atoms with Crippen molar-refractivity contribution in [1.82, 2.24) is 5.32 Å². The number of nitrogens with one attached hydrogen (secondary N) is 1. The van der Waals surface area contributed by atoms with Crippen molar-refractivity contribution in [2.75, 3.05) is 6.54 Å². The summed E-state index contributed by atoms with van der Waals surface area (Å²) in [7, 11) is 0. The van der Waals surface area contributed by atoms with E-state index < -0.39 is 0 Å². The van der Waals surface area contributed by atoms with Crippen LogP contribution in [-0.4, -0.2) is 6.54 Å². The SMILES string of the molecule is CC(C)(C)c1cc(Br)c(C2CN2)c(Br)c1. The summed E-state index contributed by atoms with van der Waals surface area (Å²) < 4.78 is 2.41. The van der Waals surface area contributed by atoms with Crippen molar-refractivity contribution >= 4 is 31.9 Å². The van der Waals surface area contributed by atoms with Gasteiger partial charge in [-0.15, -0.1) is 0 Å². The van der Waals surface area contributed by atoms with Crippen LogP contribution in [0.3, 0.4) is 0 Å². The molecule has 1 aliphatic heterocycles. The molecule has 0 radical (unpaired) electrons. The van der Waals surface area contributed by atoms with Gasteiger partial charge in [0, 0.05) is 21.5 Å². The third-order valence-electron chi connectivity index (χ3n) is 2.70. The maximum atomic E-state index is 3.66. The van der Waals surface area contributed by atoms with Gasteiger partial charge >= 0.3 is 0 Å². The van der Waals surface area contributed by atoms with E-state index in [9.17, 15) is 0 Å². The molecule has 1 unspecified atom stereocenters. The lowest BCUT2D eigenvalue weighted by atomic mass is 9.86.